The number of nitrogens with one attached hydrogen (secondary N) is 2. The molecule has 2 N–H and O–H groups in total. The quantitative estimate of drug-likeness (QED) is 0.562. The minimum Gasteiger partial charge on any atom is -0.337 e. The molecule has 4 rings (SSSR count). The third kappa shape index (κ3) is 4.85. The van der Waals surface area contributed by atoms with Crippen LogP contribution in [0, 0.1) is 11.6 Å². The zero-order valence-electron chi connectivity index (χ0n) is 17.1. The van der Waals surface area contributed by atoms with E-state index in [-0.39, 0.29) is 33.3 Å². The van der Waals surface area contributed by atoms with E-state index in [0.29, 0.717) is 5.70 Å². The lowest BCUT2D eigenvalue weighted by Gasteiger charge is -2.22. The van der Waals surface area contributed by atoms with Gasteiger partial charge in [0.05, 0.1) is 29.1 Å². The van der Waals surface area contributed by atoms with Gasteiger partial charge in [0.2, 0.25) is 0 Å². The van der Waals surface area contributed by atoms with E-state index in [1.54, 1.807) is 22.8 Å². The van der Waals surface area contributed by atoms with E-state index in [9.17, 15) is 22.0 Å². The van der Waals surface area contributed by atoms with Crippen molar-refractivity contribution >= 4 is 45.4 Å². The molecule has 2 aliphatic rings. The number of anilines is 1. The lowest BCUT2D eigenvalue weighted by molar-refractivity contribution is 0.0785. The van der Waals surface area contributed by atoms with E-state index in [2.05, 4.69) is 9.44 Å². The Bertz CT molecular complexity index is 1330. The molecule has 2 aromatic rings. The second-order valence-corrected chi connectivity index (χ2v) is 10.0. The molecule has 0 spiro atoms. The van der Waals surface area contributed by atoms with Crippen molar-refractivity contribution in [2.45, 2.75) is 6.54 Å². The first-order valence-corrected chi connectivity index (χ1v) is 12.1. The fraction of sp³-hybridized carbons (Fsp3) is 0.0952. The first kappa shape index (κ1) is 23.1. The smallest absolute Gasteiger partial charge is 0.264 e. The van der Waals surface area contributed by atoms with Crippen LogP contribution in [0.3, 0.4) is 0 Å². The number of carbonyl (C=O) groups is 1. The van der Waals surface area contributed by atoms with E-state index in [1.165, 1.54) is 54.4 Å². The van der Waals surface area contributed by atoms with Crippen molar-refractivity contribution in [3.8, 4) is 0 Å². The number of fused-ring (bicyclic) bond motifs is 1. The number of halogens is 3. The normalized spacial score (nSPS) is 14.8. The summed E-state index contributed by atoms with van der Waals surface area (Å²) in [5.74, 6) is -2.12. The number of nitrogens with zero attached hydrogens (tertiary/aromatic N) is 2. The molecule has 12 heteroatoms. The predicted octanol–water partition coefficient (Wildman–Crippen LogP) is 4.35. The van der Waals surface area contributed by atoms with Crippen LogP contribution in [0.25, 0.3) is 0 Å². The second kappa shape index (κ2) is 9.08. The molecule has 2 aromatic carbocycles. The Hall–Kier alpha value is -3.02. The molecule has 0 aliphatic carbocycles. The summed E-state index contributed by atoms with van der Waals surface area (Å²) < 4.78 is 60.5. The molecule has 0 aromatic heterocycles. The number of hydrogen-bond acceptors (Lipinski definition) is 6. The fourth-order valence-electron chi connectivity index (χ4n) is 3.23. The SMILES string of the molecule is CN(Cc1ccc(F)cc1F)C(=O)c1cc(Cl)ccc1NS(=O)(=O)C1=CC=CN2SNC=C12. The summed E-state index contributed by atoms with van der Waals surface area (Å²) in [7, 11) is -2.65. The van der Waals surface area contributed by atoms with Crippen LogP contribution in [0.15, 0.2) is 71.6 Å². The molecule has 172 valence electrons. The fourth-order valence-corrected chi connectivity index (χ4v) is 5.38. The standard InChI is InChI=1S/C21H17ClF2N4O3S2/c1-27(12-13-4-6-15(23)10-17(13)24)21(29)16-9-14(22)5-7-18(16)26-33(30,31)20-3-2-8-28-19(20)11-25-32-28/h2-11,25-26H,12H2,1H3. The number of amides is 1. The summed E-state index contributed by atoms with van der Waals surface area (Å²) in [6.45, 7) is -0.162. The Morgan fingerprint density at radius 1 is 1.24 bits per heavy atom. The molecule has 0 saturated carbocycles. The molecule has 1 amide bonds. The van der Waals surface area contributed by atoms with Crippen molar-refractivity contribution in [1.29, 1.82) is 0 Å². The Morgan fingerprint density at radius 3 is 2.79 bits per heavy atom. The zero-order valence-corrected chi connectivity index (χ0v) is 19.4. The minimum atomic E-state index is -4.07. The van der Waals surface area contributed by atoms with E-state index in [1.807, 2.05) is 0 Å². The van der Waals surface area contributed by atoms with Crippen molar-refractivity contribution in [3.05, 3.63) is 99.3 Å². The zero-order chi connectivity index (χ0) is 23.8. The molecular weight excluding hydrogens is 494 g/mol. The van der Waals surface area contributed by atoms with Crippen LogP contribution in [0.5, 0.6) is 0 Å². The molecule has 2 heterocycles. The van der Waals surface area contributed by atoms with E-state index in [4.69, 9.17) is 11.6 Å². The van der Waals surface area contributed by atoms with Gasteiger partial charge in [-0.25, -0.2) is 17.2 Å². The molecule has 0 fully saturated rings. The molecule has 2 aliphatic heterocycles. The second-order valence-electron chi connectivity index (χ2n) is 7.13. The highest BCUT2D eigenvalue weighted by Crippen LogP contribution is 2.34. The largest absolute Gasteiger partial charge is 0.337 e. The molecule has 7 nitrogen and oxygen atoms in total. The van der Waals surface area contributed by atoms with Gasteiger partial charge in [0.1, 0.15) is 16.5 Å². The lowest BCUT2D eigenvalue weighted by atomic mass is 10.1. The van der Waals surface area contributed by atoms with Crippen LogP contribution in [0.2, 0.25) is 5.02 Å². The lowest BCUT2D eigenvalue weighted by Crippen LogP contribution is -2.28. The van der Waals surface area contributed by atoms with Gasteiger partial charge in [0.15, 0.2) is 0 Å². The monoisotopic (exact) mass is 510 g/mol. The van der Waals surface area contributed by atoms with Crippen molar-refractivity contribution in [1.82, 2.24) is 13.9 Å². The summed E-state index contributed by atoms with van der Waals surface area (Å²) in [4.78, 5) is 14.3. The summed E-state index contributed by atoms with van der Waals surface area (Å²) in [5, 5.41) is 0.216. The highest BCUT2D eigenvalue weighted by Gasteiger charge is 2.31. The first-order valence-electron chi connectivity index (χ1n) is 9.48. The maximum absolute atomic E-state index is 14.0. The van der Waals surface area contributed by atoms with Gasteiger partial charge < -0.3 is 9.62 Å². The van der Waals surface area contributed by atoms with Gasteiger partial charge in [-0.2, -0.15) is 0 Å². The number of carbonyl (C=O) groups excluding carboxylic acids is 1. The summed E-state index contributed by atoms with van der Waals surface area (Å²) in [6, 6.07) is 7.22. The van der Waals surface area contributed by atoms with Crippen LogP contribution in [0.4, 0.5) is 14.5 Å². The first-order chi connectivity index (χ1) is 15.7. The summed E-state index contributed by atoms with van der Waals surface area (Å²) >= 11 is 7.27. The maximum Gasteiger partial charge on any atom is 0.264 e. The number of benzene rings is 2. The number of hydrogen-bond donors (Lipinski definition) is 2. The number of sulfonamides is 1. The maximum atomic E-state index is 14.0. The molecule has 0 bridgehead atoms. The number of rotatable bonds is 6. The molecule has 0 saturated heterocycles. The van der Waals surface area contributed by atoms with Gasteiger partial charge in [-0.05, 0) is 36.4 Å². The van der Waals surface area contributed by atoms with E-state index >= 15 is 0 Å². The van der Waals surface area contributed by atoms with Gasteiger partial charge in [0.25, 0.3) is 15.9 Å². The Kier molecular flexibility index (Phi) is 6.37. The third-order valence-corrected chi connectivity index (χ3v) is 7.21. The topological polar surface area (TPSA) is 81.8 Å². The van der Waals surface area contributed by atoms with Crippen molar-refractivity contribution in [3.63, 3.8) is 0 Å². The highest BCUT2D eigenvalue weighted by molar-refractivity contribution is 7.97. The molecule has 0 radical (unpaired) electrons. The molecule has 0 unspecified atom stereocenters. The highest BCUT2D eigenvalue weighted by atomic mass is 35.5. The molecule has 0 atom stereocenters. The van der Waals surface area contributed by atoms with E-state index in [0.717, 1.165) is 12.1 Å². The Morgan fingerprint density at radius 2 is 2.03 bits per heavy atom. The number of allylic oxidation sites excluding steroid dienone is 2. The van der Waals surface area contributed by atoms with Crippen molar-refractivity contribution in [2.24, 2.45) is 0 Å². The van der Waals surface area contributed by atoms with Gasteiger partial charge in [0, 0.05) is 42.6 Å². The van der Waals surface area contributed by atoms with Gasteiger partial charge in [-0.15, -0.1) is 0 Å². The molecular formula is C21H17ClF2N4O3S2. The Labute approximate surface area is 198 Å². The van der Waals surface area contributed by atoms with Gasteiger partial charge >= 0.3 is 0 Å². The average molecular weight is 511 g/mol. The van der Waals surface area contributed by atoms with Gasteiger partial charge in [-0.3, -0.25) is 13.8 Å². The van der Waals surface area contributed by atoms with Crippen LogP contribution >= 0.6 is 23.7 Å². The minimum absolute atomic E-state index is 0.0111. The van der Waals surface area contributed by atoms with E-state index < -0.39 is 27.6 Å². The molecule has 33 heavy (non-hydrogen) atoms. The van der Waals surface area contributed by atoms with Crippen LogP contribution in [-0.2, 0) is 16.6 Å². The van der Waals surface area contributed by atoms with Gasteiger partial charge in [-0.1, -0.05) is 17.7 Å². The Balaban J connectivity index is 1.61. The van der Waals surface area contributed by atoms with Crippen LogP contribution in [0.1, 0.15) is 15.9 Å². The van der Waals surface area contributed by atoms with Crippen LogP contribution in [-0.4, -0.2) is 30.6 Å². The van der Waals surface area contributed by atoms with Crippen molar-refractivity contribution in [2.75, 3.05) is 11.8 Å². The van der Waals surface area contributed by atoms with Crippen molar-refractivity contribution < 1.29 is 22.0 Å². The summed E-state index contributed by atoms with van der Waals surface area (Å²) in [5.41, 5.74) is 0.527. The summed E-state index contributed by atoms with van der Waals surface area (Å²) in [6.07, 6.45) is 6.29. The average Bonchev–Trinajstić information content (AvgIpc) is 3.25. The van der Waals surface area contributed by atoms with Crippen LogP contribution < -0.4 is 9.44 Å². The predicted molar refractivity (Wildman–Crippen MR) is 124 cm³/mol. The third-order valence-electron chi connectivity index (χ3n) is 4.82.